The lowest BCUT2D eigenvalue weighted by molar-refractivity contribution is 0.410. The molecule has 0 aromatic carbocycles. The van der Waals surface area contributed by atoms with E-state index in [1.807, 2.05) is 6.07 Å². The molecule has 1 aliphatic carbocycles. The zero-order chi connectivity index (χ0) is 12.1. The molecule has 0 spiro atoms. The third-order valence-corrected chi connectivity index (χ3v) is 3.35. The molecule has 1 aromatic rings. The van der Waals surface area contributed by atoms with Gasteiger partial charge in [0.1, 0.15) is 5.82 Å². The predicted molar refractivity (Wildman–Crippen MR) is 69.9 cm³/mol. The van der Waals surface area contributed by atoms with Crippen molar-refractivity contribution in [2.75, 3.05) is 5.32 Å². The molecule has 0 unspecified atom stereocenters. The van der Waals surface area contributed by atoms with Gasteiger partial charge in [0, 0.05) is 12.1 Å². The van der Waals surface area contributed by atoms with Crippen LogP contribution in [0.15, 0.2) is 12.1 Å². The highest BCUT2D eigenvalue weighted by atomic mass is 15.2. The summed E-state index contributed by atoms with van der Waals surface area (Å²) < 4.78 is 0. The second kappa shape index (κ2) is 5.96. The molecule has 17 heavy (non-hydrogen) atoms. The minimum atomic E-state index is 0.395. The molecule has 94 valence electrons. The van der Waals surface area contributed by atoms with Crippen LogP contribution in [0.25, 0.3) is 0 Å². The van der Waals surface area contributed by atoms with Crippen LogP contribution >= 0.6 is 0 Å². The molecule has 0 bridgehead atoms. The van der Waals surface area contributed by atoms with Gasteiger partial charge < -0.3 is 11.1 Å². The third kappa shape index (κ3) is 3.66. The largest absolute Gasteiger partial charge is 0.366 e. The van der Waals surface area contributed by atoms with Crippen molar-refractivity contribution < 1.29 is 0 Å². The Labute approximate surface area is 103 Å². The van der Waals surface area contributed by atoms with Crippen molar-refractivity contribution in [2.45, 2.75) is 57.5 Å². The summed E-state index contributed by atoms with van der Waals surface area (Å²) in [6.07, 6.45) is 6.62. The van der Waals surface area contributed by atoms with Crippen LogP contribution in [0.3, 0.4) is 0 Å². The van der Waals surface area contributed by atoms with Gasteiger partial charge in [0.25, 0.3) is 0 Å². The maximum absolute atomic E-state index is 5.89. The van der Waals surface area contributed by atoms with Gasteiger partial charge in [0.05, 0.1) is 5.69 Å². The van der Waals surface area contributed by atoms with Crippen molar-refractivity contribution in [3.8, 4) is 0 Å². The van der Waals surface area contributed by atoms with Crippen molar-refractivity contribution in [2.24, 2.45) is 5.73 Å². The highest BCUT2D eigenvalue weighted by Crippen LogP contribution is 2.20. The lowest BCUT2D eigenvalue weighted by atomic mass is 9.92. The summed E-state index contributed by atoms with van der Waals surface area (Å²) in [6, 6.07) is 5.01. The molecule has 0 atom stereocenters. The van der Waals surface area contributed by atoms with E-state index >= 15 is 0 Å². The van der Waals surface area contributed by atoms with Crippen molar-refractivity contribution >= 4 is 5.82 Å². The summed E-state index contributed by atoms with van der Waals surface area (Å²) in [6.45, 7) is 2.15. The van der Waals surface area contributed by atoms with Crippen molar-refractivity contribution in [3.05, 3.63) is 17.8 Å². The van der Waals surface area contributed by atoms with Crippen LogP contribution < -0.4 is 11.1 Å². The van der Waals surface area contributed by atoms with Crippen LogP contribution in [0, 0.1) is 0 Å². The average molecular weight is 234 g/mol. The van der Waals surface area contributed by atoms with Crippen molar-refractivity contribution in [1.82, 2.24) is 10.2 Å². The van der Waals surface area contributed by atoms with Gasteiger partial charge >= 0.3 is 0 Å². The van der Waals surface area contributed by atoms with Crippen LogP contribution in [-0.4, -0.2) is 22.3 Å². The van der Waals surface area contributed by atoms with Crippen molar-refractivity contribution in [1.29, 1.82) is 0 Å². The van der Waals surface area contributed by atoms with E-state index in [1.54, 1.807) is 0 Å². The first-order valence-corrected chi connectivity index (χ1v) is 6.62. The Morgan fingerprint density at radius 2 is 2.00 bits per heavy atom. The first-order valence-electron chi connectivity index (χ1n) is 6.62. The van der Waals surface area contributed by atoms with Crippen LogP contribution in [0.4, 0.5) is 5.82 Å². The van der Waals surface area contributed by atoms with Crippen LogP contribution in [0.5, 0.6) is 0 Å². The molecule has 3 N–H and O–H groups in total. The Balaban J connectivity index is 1.86. The van der Waals surface area contributed by atoms with Crippen LogP contribution in [0.2, 0.25) is 0 Å². The zero-order valence-electron chi connectivity index (χ0n) is 10.5. The summed E-state index contributed by atoms with van der Waals surface area (Å²) in [4.78, 5) is 0. The number of nitrogens with one attached hydrogen (secondary N) is 1. The van der Waals surface area contributed by atoms with E-state index in [4.69, 9.17) is 5.73 Å². The summed E-state index contributed by atoms with van der Waals surface area (Å²) in [5.74, 6) is 0.894. The number of hydrogen-bond donors (Lipinski definition) is 2. The number of hydrogen-bond acceptors (Lipinski definition) is 4. The standard InChI is InChI=1S/C13H22N4/c1-2-3-12-8-9-13(17-16-12)15-11-6-4-10(14)5-7-11/h8-11H,2-7,14H2,1H3,(H,15,17). The Morgan fingerprint density at radius 1 is 1.24 bits per heavy atom. The first kappa shape index (κ1) is 12.3. The molecule has 0 saturated heterocycles. The number of aryl methyl sites for hydroxylation is 1. The Morgan fingerprint density at radius 3 is 2.59 bits per heavy atom. The van der Waals surface area contributed by atoms with Crippen LogP contribution in [-0.2, 0) is 6.42 Å². The Kier molecular flexibility index (Phi) is 4.31. The number of nitrogens with two attached hydrogens (primary N) is 1. The summed E-state index contributed by atoms with van der Waals surface area (Å²) in [7, 11) is 0. The van der Waals surface area contributed by atoms with Gasteiger partial charge in [-0.25, -0.2) is 0 Å². The summed E-state index contributed by atoms with van der Waals surface area (Å²) in [5, 5.41) is 11.9. The SMILES string of the molecule is CCCc1ccc(NC2CCC(N)CC2)nn1. The lowest BCUT2D eigenvalue weighted by Crippen LogP contribution is -2.33. The van der Waals surface area contributed by atoms with E-state index in [1.165, 1.54) is 0 Å². The molecule has 1 saturated carbocycles. The average Bonchev–Trinajstić information content (AvgIpc) is 2.35. The zero-order valence-corrected chi connectivity index (χ0v) is 10.5. The smallest absolute Gasteiger partial charge is 0.148 e. The number of rotatable bonds is 4. The Hall–Kier alpha value is -1.16. The van der Waals surface area contributed by atoms with Gasteiger partial charge in [-0.3, -0.25) is 0 Å². The van der Waals surface area contributed by atoms with E-state index in [2.05, 4.69) is 28.5 Å². The monoisotopic (exact) mass is 234 g/mol. The molecule has 4 heteroatoms. The molecule has 4 nitrogen and oxygen atoms in total. The van der Waals surface area contributed by atoms with Crippen molar-refractivity contribution in [3.63, 3.8) is 0 Å². The normalized spacial score (nSPS) is 24.6. The van der Waals surface area contributed by atoms with Gasteiger partial charge in [-0.2, -0.15) is 5.10 Å². The lowest BCUT2D eigenvalue weighted by Gasteiger charge is -2.26. The maximum Gasteiger partial charge on any atom is 0.148 e. The second-order valence-corrected chi connectivity index (χ2v) is 4.92. The molecule has 2 rings (SSSR count). The fourth-order valence-corrected chi connectivity index (χ4v) is 2.30. The molecule has 1 aliphatic rings. The van der Waals surface area contributed by atoms with E-state index in [0.717, 1.165) is 50.0 Å². The minimum absolute atomic E-state index is 0.395. The molecule has 0 aliphatic heterocycles. The highest BCUT2D eigenvalue weighted by molar-refractivity contribution is 5.34. The molecule has 1 fully saturated rings. The Bertz CT molecular complexity index is 328. The van der Waals surface area contributed by atoms with Gasteiger partial charge in [-0.15, -0.1) is 5.10 Å². The van der Waals surface area contributed by atoms with E-state index in [-0.39, 0.29) is 0 Å². The quantitative estimate of drug-likeness (QED) is 0.837. The van der Waals surface area contributed by atoms with E-state index < -0.39 is 0 Å². The van der Waals surface area contributed by atoms with Gasteiger partial charge in [-0.05, 0) is 44.2 Å². The van der Waals surface area contributed by atoms with E-state index in [9.17, 15) is 0 Å². The molecule has 0 amide bonds. The highest BCUT2D eigenvalue weighted by Gasteiger charge is 2.18. The minimum Gasteiger partial charge on any atom is -0.366 e. The van der Waals surface area contributed by atoms with E-state index in [0.29, 0.717) is 12.1 Å². The number of aromatic nitrogens is 2. The molecular formula is C13H22N4. The van der Waals surface area contributed by atoms with Gasteiger partial charge in [0.15, 0.2) is 0 Å². The predicted octanol–water partition coefficient (Wildman–Crippen LogP) is 2.11. The first-order chi connectivity index (χ1) is 8.28. The number of anilines is 1. The number of nitrogens with zero attached hydrogens (tertiary/aromatic N) is 2. The molecule has 1 heterocycles. The molecule has 1 aromatic heterocycles. The topological polar surface area (TPSA) is 63.8 Å². The summed E-state index contributed by atoms with van der Waals surface area (Å²) in [5.41, 5.74) is 6.96. The second-order valence-electron chi connectivity index (χ2n) is 4.92. The fraction of sp³-hybridized carbons (Fsp3) is 0.692. The molecule has 0 radical (unpaired) electrons. The fourth-order valence-electron chi connectivity index (χ4n) is 2.30. The van der Waals surface area contributed by atoms with Gasteiger partial charge in [0.2, 0.25) is 0 Å². The third-order valence-electron chi connectivity index (χ3n) is 3.35. The van der Waals surface area contributed by atoms with Crippen LogP contribution in [0.1, 0.15) is 44.7 Å². The molecular weight excluding hydrogens is 212 g/mol. The summed E-state index contributed by atoms with van der Waals surface area (Å²) >= 11 is 0. The maximum atomic E-state index is 5.89. The van der Waals surface area contributed by atoms with Gasteiger partial charge in [-0.1, -0.05) is 13.3 Å².